The second-order valence-corrected chi connectivity index (χ2v) is 4.82. The van der Waals surface area contributed by atoms with E-state index in [9.17, 15) is 0 Å². The van der Waals surface area contributed by atoms with E-state index >= 15 is 0 Å². The van der Waals surface area contributed by atoms with Crippen LogP contribution in [-0.4, -0.2) is 26.3 Å². The summed E-state index contributed by atoms with van der Waals surface area (Å²) in [5.41, 5.74) is 1.05. The fraction of sp³-hybridized carbons (Fsp3) is 0.545. The summed E-state index contributed by atoms with van der Waals surface area (Å²) < 4.78 is 1.89. The number of aromatic nitrogens is 4. The smallest absolute Gasteiger partial charge is 0.147 e. The van der Waals surface area contributed by atoms with Crippen LogP contribution < -0.4 is 5.32 Å². The first-order chi connectivity index (χ1) is 8.19. The van der Waals surface area contributed by atoms with E-state index in [-0.39, 0.29) is 0 Å². The largest absolute Gasteiger partial charge is 0.311 e. The van der Waals surface area contributed by atoms with Crippen LogP contribution in [0.1, 0.15) is 29.3 Å². The molecule has 0 amide bonds. The van der Waals surface area contributed by atoms with Crippen LogP contribution in [0.4, 0.5) is 0 Å². The monoisotopic (exact) mass is 251 g/mol. The highest BCUT2D eigenvalue weighted by Gasteiger charge is 2.06. The molecule has 17 heavy (non-hydrogen) atoms. The van der Waals surface area contributed by atoms with Gasteiger partial charge in [0, 0.05) is 11.9 Å². The van der Waals surface area contributed by atoms with Crippen molar-refractivity contribution in [3.63, 3.8) is 0 Å². The Hall–Kier alpha value is -1.27. The van der Waals surface area contributed by atoms with Crippen molar-refractivity contribution >= 4 is 11.3 Å². The van der Waals surface area contributed by atoms with E-state index in [4.69, 9.17) is 0 Å². The minimum Gasteiger partial charge on any atom is -0.311 e. The zero-order valence-electron chi connectivity index (χ0n) is 10.4. The number of nitrogens with one attached hydrogen (secondary N) is 1. The van der Waals surface area contributed by atoms with Gasteiger partial charge in [-0.3, -0.25) is 0 Å². The van der Waals surface area contributed by atoms with Crippen LogP contribution in [-0.2, 0) is 13.1 Å². The summed E-state index contributed by atoms with van der Waals surface area (Å²) in [7, 11) is 0. The van der Waals surface area contributed by atoms with Crippen LogP contribution in [0.3, 0.4) is 0 Å². The number of thiazole rings is 1. The van der Waals surface area contributed by atoms with Gasteiger partial charge in [0.15, 0.2) is 0 Å². The molecule has 0 spiro atoms. The Kier molecular flexibility index (Phi) is 3.86. The van der Waals surface area contributed by atoms with Gasteiger partial charge in [-0.15, -0.1) is 11.3 Å². The van der Waals surface area contributed by atoms with Gasteiger partial charge < -0.3 is 5.32 Å². The first kappa shape index (κ1) is 12.2. The molecule has 5 nitrogen and oxygen atoms in total. The fourth-order valence-corrected chi connectivity index (χ4v) is 2.35. The minimum absolute atomic E-state index is 0.704. The zero-order chi connectivity index (χ0) is 12.3. The number of nitrogens with zero attached hydrogens (tertiary/aromatic N) is 4. The van der Waals surface area contributed by atoms with E-state index in [1.807, 2.05) is 18.5 Å². The fourth-order valence-electron chi connectivity index (χ4n) is 1.60. The number of hydrogen-bond donors (Lipinski definition) is 1. The number of aryl methyl sites for hydroxylation is 2. The van der Waals surface area contributed by atoms with Gasteiger partial charge in [0.25, 0.3) is 0 Å². The van der Waals surface area contributed by atoms with Crippen LogP contribution in [0.15, 0.2) is 5.38 Å². The molecule has 2 aromatic heterocycles. The Labute approximate surface area is 105 Å². The van der Waals surface area contributed by atoms with Gasteiger partial charge in [0.1, 0.15) is 16.7 Å². The number of hydrogen-bond acceptors (Lipinski definition) is 5. The second kappa shape index (κ2) is 5.37. The van der Waals surface area contributed by atoms with Crippen molar-refractivity contribution in [3.8, 4) is 0 Å². The molecule has 0 bridgehead atoms. The summed E-state index contributed by atoms with van der Waals surface area (Å²) in [6.07, 6.45) is 0. The lowest BCUT2D eigenvalue weighted by atomic mass is 10.5. The third-order valence-corrected chi connectivity index (χ3v) is 3.30. The van der Waals surface area contributed by atoms with Gasteiger partial charge in [-0.25, -0.2) is 14.6 Å². The van der Waals surface area contributed by atoms with Gasteiger partial charge in [0.05, 0.1) is 12.2 Å². The molecule has 0 unspecified atom stereocenters. The van der Waals surface area contributed by atoms with Crippen molar-refractivity contribution in [1.82, 2.24) is 25.1 Å². The third kappa shape index (κ3) is 3.10. The maximum absolute atomic E-state index is 4.56. The van der Waals surface area contributed by atoms with Crippen LogP contribution >= 0.6 is 11.3 Å². The molecular formula is C11H17N5S. The van der Waals surface area contributed by atoms with Crippen molar-refractivity contribution in [2.24, 2.45) is 0 Å². The highest BCUT2D eigenvalue weighted by molar-refractivity contribution is 7.09. The summed E-state index contributed by atoms with van der Waals surface area (Å²) in [6.45, 7) is 8.48. The van der Waals surface area contributed by atoms with Crippen LogP contribution in [0.5, 0.6) is 0 Å². The minimum atomic E-state index is 0.704. The van der Waals surface area contributed by atoms with Gasteiger partial charge in [-0.2, -0.15) is 5.10 Å². The van der Waals surface area contributed by atoms with Crippen LogP contribution in [0, 0.1) is 13.8 Å². The Balaban J connectivity index is 2.03. The van der Waals surface area contributed by atoms with Crippen molar-refractivity contribution in [2.75, 3.05) is 6.54 Å². The Morgan fingerprint density at radius 1 is 1.35 bits per heavy atom. The van der Waals surface area contributed by atoms with E-state index in [1.54, 1.807) is 11.3 Å². The summed E-state index contributed by atoms with van der Waals surface area (Å²) >= 11 is 1.69. The predicted octanol–water partition coefficient (Wildman–Crippen LogP) is 1.51. The third-order valence-electron chi connectivity index (χ3n) is 2.40. The zero-order valence-corrected chi connectivity index (χ0v) is 11.2. The van der Waals surface area contributed by atoms with Gasteiger partial charge >= 0.3 is 0 Å². The quantitative estimate of drug-likeness (QED) is 0.875. The highest BCUT2D eigenvalue weighted by atomic mass is 32.1. The normalized spacial score (nSPS) is 11.0. The Morgan fingerprint density at radius 3 is 2.82 bits per heavy atom. The summed E-state index contributed by atoms with van der Waals surface area (Å²) in [5, 5.41) is 10.8. The van der Waals surface area contributed by atoms with Gasteiger partial charge in [-0.1, -0.05) is 6.92 Å². The van der Waals surface area contributed by atoms with Crippen LogP contribution in [0.25, 0.3) is 0 Å². The van der Waals surface area contributed by atoms with Crippen LogP contribution in [0.2, 0.25) is 0 Å². The van der Waals surface area contributed by atoms with Crippen molar-refractivity contribution in [3.05, 3.63) is 27.7 Å². The molecule has 0 aromatic carbocycles. The Bertz CT molecular complexity index is 488. The molecule has 2 rings (SSSR count). The lowest BCUT2D eigenvalue weighted by Crippen LogP contribution is -2.11. The van der Waals surface area contributed by atoms with Crippen molar-refractivity contribution in [2.45, 2.75) is 33.9 Å². The molecule has 0 aliphatic rings. The maximum Gasteiger partial charge on any atom is 0.147 e. The standard InChI is InChI=1S/C11H17N5S/c1-4-12-5-11-14-10(7-17-11)6-16-9(3)13-8(2)15-16/h7,12H,4-6H2,1-3H3. The van der Waals surface area contributed by atoms with E-state index in [0.29, 0.717) is 6.54 Å². The first-order valence-electron chi connectivity index (χ1n) is 5.71. The molecule has 0 aliphatic carbocycles. The van der Waals surface area contributed by atoms with E-state index in [2.05, 4.69) is 32.7 Å². The highest BCUT2D eigenvalue weighted by Crippen LogP contribution is 2.11. The SMILES string of the molecule is CCNCc1nc(Cn2nc(C)nc2C)cs1. The average Bonchev–Trinajstić information content (AvgIpc) is 2.84. The molecule has 0 fully saturated rings. The number of rotatable bonds is 5. The second-order valence-electron chi connectivity index (χ2n) is 3.88. The van der Waals surface area contributed by atoms with Crippen molar-refractivity contribution < 1.29 is 0 Å². The molecule has 2 heterocycles. The maximum atomic E-state index is 4.56. The molecule has 0 radical (unpaired) electrons. The Morgan fingerprint density at radius 2 is 2.18 bits per heavy atom. The van der Waals surface area contributed by atoms with E-state index in [0.717, 1.165) is 35.4 Å². The molecule has 6 heteroatoms. The molecule has 1 N–H and O–H groups in total. The summed E-state index contributed by atoms with van der Waals surface area (Å²) in [4.78, 5) is 8.84. The first-order valence-corrected chi connectivity index (χ1v) is 6.59. The lowest BCUT2D eigenvalue weighted by molar-refractivity contribution is 0.642. The molecule has 0 saturated carbocycles. The molecule has 92 valence electrons. The van der Waals surface area contributed by atoms with Gasteiger partial charge in [0.2, 0.25) is 0 Å². The predicted molar refractivity (Wildman–Crippen MR) is 68.1 cm³/mol. The lowest BCUT2D eigenvalue weighted by Gasteiger charge is -1.99. The summed E-state index contributed by atoms with van der Waals surface area (Å²) in [5.74, 6) is 1.74. The molecule has 0 saturated heterocycles. The molecule has 2 aromatic rings. The van der Waals surface area contributed by atoms with Crippen molar-refractivity contribution in [1.29, 1.82) is 0 Å². The topological polar surface area (TPSA) is 55.6 Å². The van der Waals surface area contributed by atoms with Gasteiger partial charge in [-0.05, 0) is 20.4 Å². The molecule has 0 aliphatic heterocycles. The summed E-state index contributed by atoms with van der Waals surface area (Å²) in [6, 6.07) is 0. The van der Waals surface area contributed by atoms with E-state index in [1.165, 1.54) is 0 Å². The molecule has 0 atom stereocenters. The average molecular weight is 251 g/mol. The molecular weight excluding hydrogens is 234 g/mol. The van der Waals surface area contributed by atoms with E-state index < -0.39 is 0 Å².